The second kappa shape index (κ2) is 8.95. The van der Waals surface area contributed by atoms with Crippen molar-refractivity contribution >= 4 is 27.0 Å². The molecule has 0 aliphatic carbocycles. The maximum absolute atomic E-state index is 14.0. The summed E-state index contributed by atoms with van der Waals surface area (Å²) in [7, 11) is -4.77. The lowest BCUT2D eigenvalue weighted by Crippen LogP contribution is -2.42. The van der Waals surface area contributed by atoms with E-state index in [1.165, 1.54) is 13.1 Å². The standard InChI is InChI=1S/C21H22F4N4O4S/c1-5-28(18(21(23,24)25)13-6-8-15(22)9-7-13)34(31,32)17-10-14-11-27-29(16(14)12-26-17)19(30)33-20(2,3)4/h6-12,18H,5H2,1-4H3/t18-/m1/s1. The van der Waals surface area contributed by atoms with Crippen LogP contribution in [0.3, 0.4) is 0 Å². The van der Waals surface area contributed by atoms with Crippen LogP contribution in [0.4, 0.5) is 22.4 Å². The van der Waals surface area contributed by atoms with Gasteiger partial charge in [0.1, 0.15) is 17.5 Å². The number of sulfonamides is 1. The summed E-state index contributed by atoms with van der Waals surface area (Å²) in [6.45, 7) is 5.66. The predicted octanol–water partition coefficient (Wildman–Crippen LogP) is 4.67. The maximum atomic E-state index is 14.0. The molecule has 2 aromatic heterocycles. The van der Waals surface area contributed by atoms with Gasteiger partial charge in [0, 0.05) is 11.9 Å². The summed E-state index contributed by atoms with van der Waals surface area (Å²) in [5.74, 6) is -0.760. The molecule has 0 aliphatic heterocycles. The number of halogens is 4. The molecule has 0 fully saturated rings. The average molecular weight is 502 g/mol. The summed E-state index contributed by atoms with van der Waals surface area (Å²) < 4.78 is 88.0. The number of fused-ring (bicyclic) bond motifs is 1. The summed E-state index contributed by atoms with van der Waals surface area (Å²) in [4.78, 5) is 16.1. The Balaban J connectivity index is 2.05. The molecule has 0 bridgehead atoms. The molecule has 0 spiro atoms. The quantitative estimate of drug-likeness (QED) is 0.471. The molecule has 0 aliphatic rings. The third-order valence-electron chi connectivity index (χ3n) is 4.66. The van der Waals surface area contributed by atoms with Crippen LogP contribution in [0.15, 0.2) is 47.8 Å². The van der Waals surface area contributed by atoms with Crippen LogP contribution in [-0.4, -0.2) is 51.9 Å². The van der Waals surface area contributed by atoms with E-state index >= 15 is 0 Å². The van der Waals surface area contributed by atoms with Crippen LogP contribution in [0.1, 0.15) is 39.3 Å². The van der Waals surface area contributed by atoms with Gasteiger partial charge >= 0.3 is 12.3 Å². The topological polar surface area (TPSA) is 94.4 Å². The number of alkyl halides is 3. The van der Waals surface area contributed by atoms with Crippen LogP contribution >= 0.6 is 0 Å². The minimum Gasteiger partial charge on any atom is -0.442 e. The predicted molar refractivity (Wildman–Crippen MR) is 114 cm³/mol. The normalized spacial score (nSPS) is 13.9. The van der Waals surface area contributed by atoms with Crippen molar-refractivity contribution in [2.75, 3.05) is 6.54 Å². The fraction of sp³-hybridized carbons (Fsp3) is 0.381. The average Bonchev–Trinajstić information content (AvgIpc) is 3.14. The van der Waals surface area contributed by atoms with Crippen LogP contribution in [0.5, 0.6) is 0 Å². The number of rotatable bonds is 5. The third kappa shape index (κ3) is 5.20. The Kier molecular flexibility index (Phi) is 6.73. The molecule has 0 saturated heterocycles. The Hall–Kier alpha value is -3.06. The summed E-state index contributed by atoms with van der Waals surface area (Å²) in [5.41, 5.74) is -1.15. The lowest BCUT2D eigenvalue weighted by molar-refractivity contribution is -0.173. The molecule has 3 aromatic rings. The zero-order chi connectivity index (χ0) is 25.5. The smallest absolute Gasteiger partial charge is 0.435 e. The van der Waals surface area contributed by atoms with Crippen molar-refractivity contribution < 1.29 is 35.5 Å². The Morgan fingerprint density at radius 3 is 2.29 bits per heavy atom. The van der Waals surface area contributed by atoms with E-state index in [-0.39, 0.29) is 15.2 Å². The number of benzene rings is 1. The molecule has 2 heterocycles. The van der Waals surface area contributed by atoms with Crippen molar-refractivity contribution in [1.82, 2.24) is 19.1 Å². The number of hydrogen-bond acceptors (Lipinski definition) is 6. The Labute approximate surface area is 193 Å². The van der Waals surface area contributed by atoms with Crippen LogP contribution in [0.2, 0.25) is 0 Å². The zero-order valence-corrected chi connectivity index (χ0v) is 19.5. The van der Waals surface area contributed by atoms with Gasteiger partial charge in [0.05, 0.1) is 17.9 Å². The molecule has 3 rings (SSSR count). The van der Waals surface area contributed by atoms with E-state index < -0.39 is 56.9 Å². The van der Waals surface area contributed by atoms with Gasteiger partial charge < -0.3 is 4.74 Å². The maximum Gasteiger partial charge on any atom is 0.435 e. The highest BCUT2D eigenvalue weighted by Gasteiger charge is 2.49. The minimum atomic E-state index is -4.99. The van der Waals surface area contributed by atoms with Crippen LogP contribution < -0.4 is 0 Å². The van der Waals surface area contributed by atoms with E-state index in [4.69, 9.17) is 4.74 Å². The van der Waals surface area contributed by atoms with Crippen molar-refractivity contribution in [3.8, 4) is 0 Å². The number of hydrogen-bond donors (Lipinski definition) is 0. The van der Waals surface area contributed by atoms with E-state index in [9.17, 15) is 30.8 Å². The van der Waals surface area contributed by atoms with Crippen molar-refractivity contribution in [2.24, 2.45) is 0 Å². The Morgan fingerprint density at radius 2 is 1.76 bits per heavy atom. The number of ether oxygens (including phenoxy) is 1. The van der Waals surface area contributed by atoms with Gasteiger partial charge in [-0.2, -0.15) is 27.3 Å². The van der Waals surface area contributed by atoms with Gasteiger partial charge in [-0.25, -0.2) is 22.6 Å². The summed E-state index contributed by atoms with van der Waals surface area (Å²) >= 11 is 0. The molecular weight excluding hydrogens is 480 g/mol. The van der Waals surface area contributed by atoms with Gasteiger partial charge in [0.2, 0.25) is 0 Å². The highest BCUT2D eigenvalue weighted by Crippen LogP contribution is 2.40. The van der Waals surface area contributed by atoms with Gasteiger partial charge in [-0.1, -0.05) is 19.1 Å². The molecule has 0 N–H and O–H groups in total. The SMILES string of the molecule is CCN([C@H](c1ccc(F)cc1)C(F)(F)F)S(=O)(=O)c1cc2cnn(C(=O)OC(C)(C)C)c2cn1. The first-order valence-corrected chi connectivity index (χ1v) is 11.5. The number of nitrogens with zero attached hydrogens (tertiary/aromatic N) is 4. The fourth-order valence-electron chi connectivity index (χ4n) is 3.27. The van der Waals surface area contributed by atoms with E-state index in [1.807, 2.05) is 0 Å². The fourth-order valence-corrected chi connectivity index (χ4v) is 4.83. The monoisotopic (exact) mass is 502 g/mol. The molecule has 1 aromatic carbocycles. The summed E-state index contributed by atoms with van der Waals surface area (Å²) in [6.07, 6.45) is -3.62. The summed E-state index contributed by atoms with van der Waals surface area (Å²) in [6, 6.07) is 1.87. The van der Waals surface area contributed by atoms with Crippen molar-refractivity contribution in [2.45, 2.75) is 50.5 Å². The van der Waals surface area contributed by atoms with Gasteiger partial charge in [-0.05, 0) is 44.5 Å². The summed E-state index contributed by atoms with van der Waals surface area (Å²) in [5, 5.41) is 3.36. The largest absolute Gasteiger partial charge is 0.442 e. The van der Waals surface area contributed by atoms with Gasteiger partial charge in [0.15, 0.2) is 5.03 Å². The second-order valence-corrected chi connectivity index (χ2v) is 10.2. The second-order valence-electron chi connectivity index (χ2n) is 8.32. The van der Waals surface area contributed by atoms with E-state index in [0.717, 1.165) is 41.2 Å². The lowest BCUT2D eigenvalue weighted by atomic mass is 10.1. The molecule has 0 radical (unpaired) electrons. The van der Waals surface area contributed by atoms with Crippen LogP contribution in [-0.2, 0) is 14.8 Å². The van der Waals surface area contributed by atoms with Crippen molar-refractivity contribution in [1.29, 1.82) is 0 Å². The van der Waals surface area contributed by atoms with Crippen LogP contribution in [0.25, 0.3) is 10.9 Å². The van der Waals surface area contributed by atoms with Gasteiger partial charge in [-0.3, -0.25) is 0 Å². The highest BCUT2D eigenvalue weighted by atomic mass is 32.2. The van der Waals surface area contributed by atoms with E-state index in [0.29, 0.717) is 0 Å². The van der Waals surface area contributed by atoms with Gasteiger partial charge in [0.25, 0.3) is 10.0 Å². The van der Waals surface area contributed by atoms with Crippen molar-refractivity contribution in [3.05, 3.63) is 54.1 Å². The number of carbonyl (C=O) groups excluding carboxylic acids is 1. The number of carbonyl (C=O) groups is 1. The van der Waals surface area contributed by atoms with Crippen molar-refractivity contribution in [3.63, 3.8) is 0 Å². The lowest BCUT2D eigenvalue weighted by Gasteiger charge is -2.31. The minimum absolute atomic E-state index is 0.113. The Bertz CT molecular complexity index is 1300. The third-order valence-corrected chi connectivity index (χ3v) is 6.50. The first-order valence-electron chi connectivity index (χ1n) is 10.1. The van der Waals surface area contributed by atoms with Crippen LogP contribution in [0, 0.1) is 5.82 Å². The molecular formula is C21H22F4N4O4S. The molecule has 13 heteroatoms. The first-order chi connectivity index (χ1) is 15.6. The molecule has 0 amide bonds. The first kappa shape index (κ1) is 25.6. The molecule has 184 valence electrons. The van der Waals surface area contributed by atoms with E-state index in [1.54, 1.807) is 20.8 Å². The zero-order valence-electron chi connectivity index (χ0n) is 18.7. The molecule has 0 saturated carbocycles. The molecule has 34 heavy (non-hydrogen) atoms. The molecule has 1 atom stereocenters. The molecule has 8 nitrogen and oxygen atoms in total. The van der Waals surface area contributed by atoms with Gasteiger partial charge in [-0.15, -0.1) is 0 Å². The number of aromatic nitrogens is 3. The van der Waals surface area contributed by atoms with E-state index in [2.05, 4.69) is 10.1 Å². The highest BCUT2D eigenvalue weighted by molar-refractivity contribution is 7.89. The Morgan fingerprint density at radius 1 is 1.15 bits per heavy atom. The number of pyridine rings is 1. The molecule has 0 unspecified atom stereocenters.